The molecular formula is C26H28N4O3. The van der Waals surface area contributed by atoms with Crippen LogP contribution in [0.3, 0.4) is 0 Å². The van der Waals surface area contributed by atoms with Crippen LogP contribution in [0.1, 0.15) is 35.2 Å². The molecule has 7 heteroatoms. The van der Waals surface area contributed by atoms with E-state index in [1.807, 2.05) is 59.0 Å². The van der Waals surface area contributed by atoms with E-state index in [-0.39, 0.29) is 30.5 Å². The number of carbonyl (C=O) groups excluding carboxylic acids is 2. The minimum absolute atomic E-state index is 0.0198. The number of nitrogens with one attached hydrogen (secondary N) is 1. The molecule has 1 saturated heterocycles. The fourth-order valence-corrected chi connectivity index (χ4v) is 4.85. The third-order valence-electron chi connectivity index (χ3n) is 6.57. The van der Waals surface area contributed by atoms with Crippen LogP contribution in [0.15, 0.2) is 60.9 Å². The summed E-state index contributed by atoms with van der Waals surface area (Å²) in [6.07, 6.45) is 9.08. The van der Waals surface area contributed by atoms with Gasteiger partial charge in [0.05, 0.1) is 23.4 Å². The summed E-state index contributed by atoms with van der Waals surface area (Å²) in [5.41, 5.74) is 3.46. The van der Waals surface area contributed by atoms with Crippen molar-refractivity contribution in [1.82, 2.24) is 19.8 Å². The van der Waals surface area contributed by atoms with E-state index in [4.69, 9.17) is 4.74 Å². The molecule has 0 unspecified atom stereocenters. The Labute approximate surface area is 193 Å². The molecule has 2 atom stereocenters. The van der Waals surface area contributed by atoms with Gasteiger partial charge >= 0.3 is 0 Å². The summed E-state index contributed by atoms with van der Waals surface area (Å²) in [5, 5.41) is 3.13. The maximum atomic E-state index is 13.6. The summed E-state index contributed by atoms with van der Waals surface area (Å²) in [6, 6.07) is 13.2. The summed E-state index contributed by atoms with van der Waals surface area (Å²) in [6.45, 7) is 0.636. The molecule has 1 fully saturated rings. The number of allylic oxidation sites excluding steroid dienone is 1. The topological polar surface area (TPSA) is 76.5 Å². The number of benzene rings is 2. The second-order valence-corrected chi connectivity index (χ2v) is 8.75. The molecule has 1 aromatic heterocycles. The quantitative estimate of drug-likeness (QED) is 0.585. The van der Waals surface area contributed by atoms with E-state index in [1.165, 1.54) is 0 Å². The zero-order valence-electron chi connectivity index (χ0n) is 18.7. The van der Waals surface area contributed by atoms with Crippen LogP contribution >= 0.6 is 0 Å². The van der Waals surface area contributed by atoms with E-state index in [0.717, 1.165) is 41.6 Å². The Hall–Kier alpha value is -3.61. The number of hydrogen-bond donors (Lipinski definition) is 1. The lowest BCUT2D eigenvalue weighted by molar-refractivity contribution is -0.124. The van der Waals surface area contributed by atoms with E-state index in [0.29, 0.717) is 18.5 Å². The Kier molecular flexibility index (Phi) is 5.86. The lowest BCUT2D eigenvalue weighted by Gasteiger charge is -2.41. The largest absolute Gasteiger partial charge is 0.483 e. The van der Waals surface area contributed by atoms with E-state index in [2.05, 4.69) is 22.5 Å². The molecule has 0 radical (unpaired) electrons. The Bertz CT molecular complexity index is 1220. The van der Waals surface area contributed by atoms with Crippen molar-refractivity contribution in [2.24, 2.45) is 7.05 Å². The summed E-state index contributed by atoms with van der Waals surface area (Å²) in [5.74, 6) is 0.557. The van der Waals surface area contributed by atoms with Crippen molar-refractivity contribution < 1.29 is 14.3 Å². The molecule has 5 rings (SSSR count). The van der Waals surface area contributed by atoms with Crippen molar-refractivity contribution in [1.29, 1.82) is 0 Å². The van der Waals surface area contributed by atoms with Crippen LogP contribution in [0.25, 0.3) is 11.0 Å². The van der Waals surface area contributed by atoms with Gasteiger partial charge in [0.1, 0.15) is 5.75 Å². The molecule has 0 spiro atoms. The van der Waals surface area contributed by atoms with Crippen molar-refractivity contribution in [2.75, 3.05) is 13.2 Å². The van der Waals surface area contributed by atoms with Crippen molar-refractivity contribution in [3.8, 4) is 5.75 Å². The van der Waals surface area contributed by atoms with Gasteiger partial charge in [-0.25, -0.2) is 4.98 Å². The number of para-hydroxylation sites is 1. The number of piperidine rings is 1. The fourth-order valence-electron chi connectivity index (χ4n) is 4.85. The lowest BCUT2D eigenvalue weighted by atomic mass is 9.92. The molecule has 170 valence electrons. The molecule has 2 aromatic carbocycles. The normalized spacial score (nSPS) is 22.2. The zero-order chi connectivity index (χ0) is 22.8. The van der Waals surface area contributed by atoms with Gasteiger partial charge in [-0.1, -0.05) is 30.4 Å². The highest BCUT2D eigenvalue weighted by atomic mass is 16.5. The molecule has 0 aliphatic carbocycles. The van der Waals surface area contributed by atoms with Gasteiger partial charge in [0.15, 0.2) is 6.61 Å². The summed E-state index contributed by atoms with van der Waals surface area (Å²) < 4.78 is 7.74. The summed E-state index contributed by atoms with van der Waals surface area (Å²) in [7, 11) is 1.94. The van der Waals surface area contributed by atoms with Crippen molar-refractivity contribution in [2.45, 2.75) is 37.8 Å². The Morgan fingerprint density at radius 1 is 1.18 bits per heavy atom. The van der Waals surface area contributed by atoms with Gasteiger partial charge in [0.25, 0.3) is 11.8 Å². The number of hydrogen-bond acceptors (Lipinski definition) is 4. The van der Waals surface area contributed by atoms with Crippen LogP contribution in [-0.2, 0) is 18.3 Å². The second-order valence-electron chi connectivity index (χ2n) is 8.75. The van der Waals surface area contributed by atoms with Gasteiger partial charge in [0, 0.05) is 25.2 Å². The predicted molar refractivity (Wildman–Crippen MR) is 126 cm³/mol. The highest BCUT2D eigenvalue weighted by Gasteiger charge is 2.35. The molecule has 1 N–H and O–H groups in total. The van der Waals surface area contributed by atoms with Crippen LogP contribution in [0.4, 0.5) is 0 Å². The molecule has 0 saturated carbocycles. The number of ether oxygens (including phenoxy) is 1. The predicted octanol–water partition coefficient (Wildman–Crippen LogP) is 3.24. The van der Waals surface area contributed by atoms with Crippen LogP contribution < -0.4 is 10.1 Å². The van der Waals surface area contributed by atoms with E-state index in [9.17, 15) is 9.59 Å². The van der Waals surface area contributed by atoms with Gasteiger partial charge < -0.3 is 19.5 Å². The number of amides is 2. The highest BCUT2D eigenvalue weighted by molar-refractivity contribution is 5.97. The van der Waals surface area contributed by atoms with Gasteiger partial charge in [-0.15, -0.1) is 0 Å². The minimum atomic E-state index is -0.159. The number of nitrogens with zero attached hydrogens (tertiary/aromatic N) is 3. The average molecular weight is 445 g/mol. The summed E-state index contributed by atoms with van der Waals surface area (Å²) in [4.78, 5) is 32.6. The van der Waals surface area contributed by atoms with Gasteiger partial charge in [0.2, 0.25) is 0 Å². The highest BCUT2D eigenvalue weighted by Crippen LogP contribution is 2.26. The number of fused-ring (bicyclic) bond motifs is 3. The average Bonchev–Trinajstić information content (AvgIpc) is 3.20. The molecule has 2 aliphatic heterocycles. The number of carbonyl (C=O) groups is 2. The van der Waals surface area contributed by atoms with Crippen molar-refractivity contribution in [3.05, 3.63) is 72.1 Å². The number of likely N-dealkylation sites (tertiary alicyclic amines) is 1. The molecule has 2 aliphatic rings. The van der Waals surface area contributed by atoms with E-state index in [1.54, 1.807) is 6.33 Å². The Morgan fingerprint density at radius 2 is 2.06 bits per heavy atom. The van der Waals surface area contributed by atoms with Gasteiger partial charge in [-0.3, -0.25) is 9.59 Å². The number of rotatable bonds is 1. The Balaban J connectivity index is 1.42. The molecule has 2 amide bonds. The standard InChI is InChI=1S/C26H28N4O3/c1-29-17-27-21-15-19(12-13-22(21)29)26(32)30-14-6-9-20-23(30)10-4-2-7-18-8-3-5-11-24(18)33-16-25(31)28-20/h2-5,8,11-13,15,17,20,23H,6-7,9-10,14,16H2,1H3,(H,28,31)/b4-2+/t20-,23-/m1/s1. The molecule has 3 aromatic rings. The molecule has 3 heterocycles. The molecule has 33 heavy (non-hydrogen) atoms. The second kappa shape index (κ2) is 9.10. The van der Waals surface area contributed by atoms with Crippen LogP contribution in [0, 0.1) is 0 Å². The SMILES string of the molecule is Cn1cnc2cc(C(=O)N3CCC[C@H]4NC(=O)COc5ccccc5C/C=C/C[C@H]43)ccc21. The van der Waals surface area contributed by atoms with Crippen LogP contribution in [0.5, 0.6) is 5.75 Å². The van der Waals surface area contributed by atoms with Gasteiger partial charge in [-0.05, 0) is 55.5 Å². The lowest BCUT2D eigenvalue weighted by Crippen LogP contribution is -2.57. The first-order valence-electron chi connectivity index (χ1n) is 11.5. The molecular weight excluding hydrogens is 416 g/mol. The first-order valence-corrected chi connectivity index (χ1v) is 11.5. The van der Waals surface area contributed by atoms with Gasteiger partial charge in [-0.2, -0.15) is 0 Å². The fraction of sp³-hybridized carbons (Fsp3) is 0.346. The van der Waals surface area contributed by atoms with Crippen LogP contribution in [-0.4, -0.2) is 51.5 Å². The number of aromatic nitrogens is 2. The third-order valence-corrected chi connectivity index (χ3v) is 6.57. The van der Waals surface area contributed by atoms with Crippen LogP contribution in [0.2, 0.25) is 0 Å². The van der Waals surface area contributed by atoms with E-state index >= 15 is 0 Å². The first-order chi connectivity index (χ1) is 16.1. The van der Waals surface area contributed by atoms with Crippen molar-refractivity contribution in [3.63, 3.8) is 0 Å². The molecule has 0 bridgehead atoms. The van der Waals surface area contributed by atoms with E-state index < -0.39 is 0 Å². The Morgan fingerprint density at radius 3 is 2.97 bits per heavy atom. The number of imidazole rings is 1. The minimum Gasteiger partial charge on any atom is -0.483 e. The third kappa shape index (κ3) is 4.35. The zero-order valence-corrected chi connectivity index (χ0v) is 18.7. The number of aryl methyl sites for hydroxylation is 1. The smallest absolute Gasteiger partial charge is 0.258 e. The first kappa shape index (κ1) is 21.2. The maximum absolute atomic E-state index is 13.6. The van der Waals surface area contributed by atoms with Crippen molar-refractivity contribution >= 4 is 22.8 Å². The maximum Gasteiger partial charge on any atom is 0.258 e. The summed E-state index contributed by atoms with van der Waals surface area (Å²) >= 11 is 0. The monoisotopic (exact) mass is 444 g/mol. The molecule has 7 nitrogen and oxygen atoms in total.